The molecule has 0 spiro atoms. The summed E-state index contributed by atoms with van der Waals surface area (Å²) in [5.74, 6) is -2.67. The van der Waals surface area contributed by atoms with E-state index < -0.39 is 35.3 Å². The lowest BCUT2D eigenvalue weighted by Crippen LogP contribution is -2.53. The van der Waals surface area contributed by atoms with Crippen molar-refractivity contribution in [3.8, 4) is 0 Å². The molecule has 2 atom stereocenters. The first-order chi connectivity index (χ1) is 17.7. The number of rotatable bonds is 8. The van der Waals surface area contributed by atoms with Crippen LogP contribution in [0.15, 0.2) is 47.5 Å². The molecule has 0 radical (unpaired) electrons. The van der Waals surface area contributed by atoms with E-state index in [4.69, 9.17) is 22.1 Å². The van der Waals surface area contributed by atoms with E-state index >= 15 is 0 Å². The van der Waals surface area contributed by atoms with Crippen molar-refractivity contribution in [2.75, 3.05) is 38.2 Å². The van der Waals surface area contributed by atoms with Gasteiger partial charge in [0.25, 0.3) is 17.7 Å². The summed E-state index contributed by atoms with van der Waals surface area (Å²) in [6.07, 6.45) is 0.425. The Morgan fingerprint density at radius 1 is 1.19 bits per heavy atom. The number of hydrogen-bond donors (Lipinski definition) is 3. The van der Waals surface area contributed by atoms with Crippen molar-refractivity contribution in [1.82, 2.24) is 10.2 Å². The molecule has 2 unspecified atom stereocenters. The molecule has 0 aliphatic carbocycles. The van der Waals surface area contributed by atoms with Crippen LogP contribution in [0.25, 0.3) is 0 Å². The van der Waals surface area contributed by atoms with Gasteiger partial charge < -0.3 is 21.1 Å². The van der Waals surface area contributed by atoms with E-state index in [-0.39, 0.29) is 35.1 Å². The summed E-state index contributed by atoms with van der Waals surface area (Å²) >= 11 is 5.95. The average molecular weight is 534 g/mol. The van der Waals surface area contributed by atoms with Gasteiger partial charge >= 0.3 is 0 Å². The molecule has 2 aromatic rings. The molecule has 2 aromatic carbocycles. The molecule has 1 saturated heterocycles. The van der Waals surface area contributed by atoms with Crippen molar-refractivity contribution in [2.45, 2.75) is 24.6 Å². The Morgan fingerprint density at radius 2 is 1.95 bits per heavy atom. The van der Waals surface area contributed by atoms with Gasteiger partial charge in [-0.2, -0.15) is 0 Å². The molecular formula is C25H26ClF2N5O4. The van der Waals surface area contributed by atoms with Gasteiger partial charge in [-0.05, 0) is 55.3 Å². The van der Waals surface area contributed by atoms with Crippen molar-refractivity contribution in [3.63, 3.8) is 0 Å². The summed E-state index contributed by atoms with van der Waals surface area (Å²) in [6.45, 7) is 1.51. The monoisotopic (exact) mass is 533 g/mol. The number of anilines is 1. The van der Waals surface area contributed by atoms with Gasteiger partial charge in [0.2, 0.25) is 5.60 Å². The summed E-state index contributed by atoms with van der Waals surface area (Å²) in [4.78, 5) is 44.1. The predicted octanol–water partition coefficient (Wildman–Crippen LogP) is 2.39. The van der Waals surface area contributed by atoms with E-state index in [2.05, 4.69) is 15.6 Å². The number of nitrogens with one attached hydrogen (secondary N) is 2. The van der Waals surface area contributed by atoms with Crippen LogP contribution in [-0.4, -0.2) is 67.4 Å². The Hall–Kier alpha value is -3.41. The molecule has 12 heteroatoms. The highest BCUT2D eigenvalue weighted by molar-refractivity contribution is 6.46. The second-order valence-electron chi connectivity index (χ2n) is 8.78. The molecule has 0 saturated carbocycles. The van der Waals surface area contributed by atoms with Crippen LogP contribution in [0.2, 0.25) is 5.02 Å². The minimum atomic E-state index is -1.91. The zero-order chi connectivity index (χ0) is 26.6. The van der Waals surface area contributed by atoms with Crippen molar-refractivity contribution < 1.29 is 27.9 Å². The maximum absolute atomic E-state index is 13.6. The van der Waals surface area contributed by atoms with Crippen LogP contribution in [0.4, 0.5) is 14.5 Å². The lowest BCUT2D eigenvalue weighted by Gasteiger charge is -2.29. The van der Waals surface area contributed by atoms with Gasteiger partial charge in [0, 0.05) is 25.3 Å². The molecule has 3 amide bonds. The number of hydrogen-bond acceptors (Lipinski definition) is 6. The fourth-order valence-electron chi connectivity index (χ4n) is 4.43. The first kappa shape index (κ1) is 26.6. The predicted molar refractivity (Wildman–Crippen MR) is 134 cm³/mol. The Morgan fingerprint density at radius 3 is 2.62 bits per heavy atom. The fourth-order valence-corrected chi connectivity index (χ4v) is 4.68. The van der Waals surface area contributed by atoms with E-state index in [1.165, 1.54) is 30.3 Å². The third kappa shape index (κ3) is 5.79. The van der Waals surface area contributed by atoms with Crippen LogP contribution in [-0.2, 0) is 19.9 Å². The van der Waals surface area contributed by atoms with Gasteiger partial charge in [-0.15, -0.1) is 0 Å². The molecule has 2 aliphatic heterocycles. The van der Waals surface area contributed by atoms with E-state index in [9.17, 15) is 23.2 Å². The number of ether oxygens (including phenoxy) is 1. The largest absolute Gasteiger partial charge is 0.366 e. The second-order valence-corrected chi connectivity index (χ2v) is 9.18. The number of carbonyl (C=O) groups is 3. The van der Waals surface area contributed by atoms with Crippen LogP contribution < -0.4 is 16.4 Å². The first-order valence-electron chi connectivity index (χ1n) is 11.7. The van der Waals surface area contributed by atoms with E-state index in [1.54, 1.807) is 0 Å². The lowest BCUT2D eigenvalue weighted by molar-refractivity contribution is -0.135. The van der Waals surface area contributed by atoms with Gasteiger partial charge in [-0.1, -0.05) is 23.7 Å². The minimum absolute atomic E-state index is 0.0437. The van der Waals surface area contributed by atoms with Gasteiger partial charge in [0.15, 0.2) is 0 Å². The number of carbonyl (C=O) groups excluding carboxylic acids is 3. The SMILES string of the molecule is NC(=O)C1(c2ccc(NC(=O)c3ccc(F)cc3Cl)cc2)OCN=C1C(=O)NCCN1CCCC(F)C1. The molecule has 2 heterocycles. The topological polar surface area (TPSA) is 126 Å². The van der Waals surface area contributed by atoms with Crippen LogP contribution in [0.5, 0.6) is 0 Å². The van der Waals surface area contributed by atoms with Gasteiger partial charge in [0.1, 0.15) is 24.4 Å². The van der Waals surface area contributed by atoms with Crippen molar-refractivity contribution in [3.05, 3.63) is 64.4 Å². The molecular weight excluding hydrogens is 508 g/mol. The standard InChI is InChI=1S/C25H26ClF2N5O4/c26-20-12-16(27)5-8-19(20)22(34)32-18-6-3-15(4-7-18)25(24(29)36)21(31-14-37-25)23(35)30-9-11-33-10-1-2-17(28)13-33/h3-8,12,17H,1-2,9-11,13-14H2,(H2,29,36)(H,30,35)(H,32,34). The lowest BCUT2D eigenvalue weighted by atomic mass is 9.87. The van der Waals surface area contributed by atoms with E-state index in [0.717, 1.165) is 25.1 Å². The highest BCUT2D eigenvalue weighted by atomic mass is 35.5. The summed E-state index contributed by atoms with van der Waals surface area (Å²) in [7, 11) is 0. The molecule has 2 aliphatic rings. The Balaban J connectivity index is 1.45. The maximum Gasteiger partial charge on any atom is 0.269 e. The Bertz CT molecular complexity index is 1230. The van der Waals surface area contributed by atoms with Gasteiger partial charge in [0.05, 0.1) is 10.6 Å². The van der Waals surface area contributed by atoms with Crippen LogP contribution >= 0.6 is 11.6 Å². The van der Waals surface area contributed by atoms with Crippen LogP contribution in [0.1, 0.15) is 28.8 Å². The van der Waals surface area contributed by atoms with Crippen molar-refractivity contribution >= 4 is 40.7 Å². The number of piperidine rings is 1. The highest BCUT2D eigenvalue weighted by Crippen LogP contribution is 2.33. The highest BCUT2D eigenvalue weighted by Gasteiger charge is 2.51. The fraction of sp³-hybridized carbons (Fsp3) is 0.360. The quantitative estimate of drug-likeness (QED) is 0.480. The smallest absolute Gasteiger partial charge is 0.269 e. The third-order valence-electron chi connectivity index (χ3n) is 6.29. The van der Waals surface area contributed by atoms with Gasteiger partial charge in [-0.3, -0.25) is 24.3 Å². The zero-order valence-corrected chi connectivity index (χ0v) is 20.6. The number of likely N-dealkylation sites (tertiary alicyclic amines) is 1. The maximum atomic E-state index is 13.6. The number of halogens is 3. The zero-order valence-electron chi connectivity index (χ0n) is 19.8. The Labute approximate surface area is 217 Å². The summed E-state index contributed by atoms with van der Waals surface area (Å²) < 4.78 is 32.5. The summed E-state index contributed by atoms with van der Waals surface area (Å²) in [5, 5.41) is 5.30. The summed E-state index contributed by atoms with van der Waals surface area (Å²) in [6, 6.07) is 9.37. The summed E-state index contributed by atoms with van der Waals surface area (Å²) in [5.41, 5.74) is 4.27. The molecule has 4 rings (SSSR count). The number of nitrogens with zero attached hydrogens (tertiary/aromatic N) is 2. The number of aliphatic imine (C=N–C) groups is 1. The van der Waals surface area contributed by atoms with Crippen molar-refractivity contribution in [2.24, 2.45) is 10.7 Å². The van der Waals surface area contributed by atoms with E-state index in [0.29, 0.717) is 25.2 Å². The molecule has 37 heavy (non-hydrogen) atoms. The average Bonchev–Trinajstić information content (AvgIpc) is 3.31. The number of amides is 3. The number of benzene rings is 2. The van der Waals surface area contributed by atoms with Crippen molar-refractivity contribution in [1.29, 1.82) is 0 Å². The molecule has 0 aromatic heterocycles. The third-order valence-corrected chi connectivity index (χ3v) is 6.60. The Kier molecular flexibility index (Phi) is 8.16. The number of primary amides is 1. The molecule has 0 bridgehead atoms. The first-order valence-corrected chi connectivity index (χ1v) is 12.1. The molecule has 1 fully saturated rings. The van der Waals surface area contributed by atoms with Crippen LogP contribution in [0.3, 0.4) is 0 Å². The van der Waals surface area contributed by atoms with E-state index in [1.807, 2.05) is 4.90 Å². The van der Waals surface area contributed by atoms with Gasteiger partial charge in [-0.25, -0.2) is 8.78 Å². The minimum Gasteiger partial charge on any atom is -0.366 e. The van der Waals surface area contributed by atoms with Crippen LogP contribution in [0, 0.1) is 5.82 Å². The number of nitrogens with two attached hydrogens (primary N) is 1. The molecule has 9 nitrogen and oxygen atoms in total. The normalized spacial score (nSPS) is 21.8. The number of alkyl halides is 1. The molecule has 4 N–H and O–H groups in total. The second kappa shape index (κ2) is 11.3. The molecule has 196 valence electrons.